The van der Waals surface area contributed by atoms with E-state index in [9.17, 15) is 0 Å². The lowest BCUT2D eigenvalue weighted by molar-refractivity contribution is 0.317. The summed E-state index contributed by atoms with van der Waals surface area (Å²) in [5, 5.41) is 0.986. The minimum atomic E-state index is 0.766. The molecule has 0 aliphatic heterocycles. The number of halogens is 2. The quantitative estimate of drug-likeness (QED) is 0.605. The first kappa shape index (κ1) is 11.1. The number of alkyl halides is 1. The Morgan fingerprint density at radius 1 is 1.38 bits per heavy atom. The van der Waals surface area contributed by atoms with Crippen LogP contribution in [0.5, 0.6) is 5.75 Å². The molecule has 1 nitrogen and oxygen atoms in total. The van der Waals surface area contributed by atoms with Gasteiger partial charge in [0.1, 0.15) is 5.75 Å². The molecule has 0 heterocycles. The predicted octanol–water partition coefficient (Wildman–Crippen LogP) is 3.92. The van der Waals surface area contributed by atoms with Gasteiger partial charge in [0.05, 0.1) is 6.61 Å². The van der Waals surface area contributed by atoms with E-state index < -0.39 is 0 Å². The predicted molar refractivity (Wildman–Crippen MR) is 62.8 cm³/mol. The Morgan fingerprint density at radius 3 is 2.85 bits per heavy atom. The van der Waals surface area contributed by atoms with Crippen LogP contribution in [0.2, 0.25) is 0 Å². The molecule has 0 radical (unpaired) electrons. The fraction of sp³-hybridized carbons (Fsp3) is 0.400. The fourth-order valence-corrected chi connectivity index (χ4v) is 1.56. The maximum atomic E-state index is 5.60. The van der Waals surface area contributed by atoms with Gasteiger partial charge in [0, 0.05) is 15.4 Å². The molecule has 0 bridgehead atoms. The van der Waals surface area contributed by atoms with Crippen molar-refractivity contribution in [3.63, 3.8) is 0 Å². The van der Waals surface area contributed by atoms with Crippen LogP contribution in [0.1, 0.15) is 12.0 Å². The Balaban J connectivity index is 2.61. The summed E-state index contributed by atoms with van der Waals surface area (Å²) >= 11 is 6.83. The maximum Gasteiger partial charge on any atom is 0.123 e. The third-order valence-corrected chi connectivity index (χ3v) is 3.17. The molecule has 0 atom stereocenters. The second-order valence-electron chi connectivity index (χ2n) is 2.75. The van der Waals surface area contributed by atoms with Crippen molar-refractivity contribution in [1.29, 1.82) is 0 Å². The van der Waals surface area contributed by atoms with Crippen LogP contribution >= 0.6 is 31.9 Å². The van der Waals surface area contributed by atoms with E-state index in [4.69, 9.17) is 4.74 Å². The van der Waals surface area contributed by atoms with Crippen molar-refractivity contribution in [3.05, 3.63) is 28.2 Å². The maximum absolute atomic E-state index is 5.60. The molecule has 72 valence electrons. The zero-order chi connectivity index (χ0) is 9.68. The van der Waals surface area contributed by atoms with Crippen molar-refractivity contribution in [2.75, 3.05) is 11.9 Å². The lowest BCUT2D eigenvalue weighted by Gasteiger charge is -2.08. The van der Waals surface area contributed by atoms with E-state index in [0.717, 1.165) is 34.1 Å². The lowest BCUT2D eigenvalue weighted by atomic mass is 10.2. The van der Waals surface area contributed by atoms with Crippen LogP contribution in [-0.4, -0.2) is 11.9 Å². The summed E-state index contributed by atoms with van der Waals surface area (Å²) in [6.45, 7) is 2.82. The Morgan fingerprint density at radius 2 is 2.15 bits per heavy atom. The smallest absolute Gasteiger partial charge is 0.123 e. The summed E-state index contributed by atoms with van der Waals surface area (Å²) in [6.07, 6.45) is 1.03. The minimum Gasteiger partial charge on any atom is -0.493 e. The third-order valence-electron chi connectivity index (χ3n) is 1.75. The Kier molecular flexibility index (Phi) is 4.81. The van der Waals surface area contributed by atoms with Crippen LogP contribution < -0.4 is 4.74 Å². The van der Waals surface area contributed by atoms with Gasteiger partial charge in [0.2, 0.25) is 0 Å². The van der Waals surface area contributed by atoms with Gasteiger partial charge in [0.15, 0.2) is 0 Å². The van der Waals surface area contributed by atoms with E-state index in [2.05, 4.69) is 31.9 Å². The van der Waals surface area contributed by atoms with E-state index in [1.807, 2.05) is 25.1 Å². The zero-order valence-corrected chi connectivity index (χ0v) is 10.7. The summed E-state index contributed by atoms with van der Waals surface area (Å²) in [5.74, 6) is 0.968. The van der Waals surface area contributed by atoms with Gasteiger partial charge in [-0.1, -0.05) is 37.9 Å². The molecule has 0 amide bonds. The molecule has 1 rings (SSSR count). The number of benzene rings is 1. The molecular formula is C10H12Br2O. The van der Waals surface area contributed by atoms with Gasteiger partial charge in [-0.2, -0.15) is 0 Å². The van der Waals surface area contributed by atoms with Gasteiger partial charge in [-0.25, -0.2) is 0 Å². The van der Waals surface area contributed by atoms with E-state index in [-0.39, 0.29) is 0 Å². The van der Waals surface area contributed by atoms with Crippen molar-refractivity contribution in [1.82, 2.24) is 0 Å². The highest BCUT2D eigenvalue weighted by molar-refractivity contribution is 9.10. The number of rotatable bonds is 4. The first-order valence-corrected chi connectivity index (χ1v) is 6.11. The molecular weight excluding hydrogens is 296 g/mol. The monoisotopic (exact) mass is 306 g/mol. The Labute approximate surface area is 95.7 Å². The van der Waals surface area contributed by atoms with Gasteiger partial charge in [0.25, 0.3) is 0 Å². The molecule has 0 unspecified atom stereocenters. The first-order chi connectivity index (χ1) is 6.25. The van der Waals surface area contributed by atoms with Gasteiger partial charge < -0.3 is 4.74 Å². The highest BCUT2D eigenvalue weighted by Crippen LogP contribution is 2.25. The molecule has 0 aromatic heterocycles. The molecule has 1 aromatic rings. The summed E-state index contributed by atoms with van der Waals surface area (Å²) in [6, 6.07) is 6.00. The molecule has 1 aromatic carbocycles. The van der Waals surface area contributed by atoms with Crippen molar-refractivity contribution < 1.29 is 4.74 Å². The SMILES string of the molecule is Cc1c(Br)cccc1OCCCBr. The normalized spacial score (nSPS) is 10.1. The molecule has 0 saturated heterocycles. The largest absolute Gasteiger partial charge is 0.493 e. The molecule has 0 aliphatic carbocycles. The lowest BCUT2D eigenvalue weighted by Crippen LogP contribution is -1.99. The van der Waals surface area contributed by atoms with E-state index in [0.29, 0.717) is 0 Å². The topological polar surface area (TPSA) is 9.23 Å². The van der Waals surface area contributed by atoms with Gasteiger partial charge in [-0.3, -0.25) is 0 Å². The van der Waals surface area contributed by atoms with Crippen LogP contribution in [0.4, 0.5) is 0 Å². The number of hydrogen-bond acceptors (Lipinski definition) is 1. The first-order valence-electron chi connectivity index (χ1n) is 4.19. The van der Waals surface area contributed by atoms with Crippen LogP contribution in [-0.2, 0) is 0 Å². The van der Waals surface area contributed by atoms with Crippen molar-refractivity contribution in [3.8, 4) is 5.75 Å². The van der Waals surface area contributed by atoms with Crippen LogP contribution in [0.25, 0.3) is 0 Å². The standard InChI is InChI=1S/C10H12Br2O/c1-8-9(12)4-2-5-10(8)13-7-3-6-11/h2,4-5H,3,6-7H2,1H3. The zero-order valence-electron chi connectivity index (χ0n) is 7.52. The van der Waals surface area contributed by atoms with Gasteiger partial charge >= 0.3 is 0 Å². The second kappa shape index (κ2) is 5.66. The summed E-state index contributed by atoms with van der Waals surface area (Å²) in [7, 11) is 0. The fourth-order valence-electron chi connectivity index (χ4n) is 0.981. The number of ether oxygens (including phenoxy) is 1. The van der Waals surface area contributed by atoms with Crippen molar-refractivity contribution in [2.24, 2.45) is 0 Å². The number of hydrogen-bond donors (Lipinski definition) is 0. The Bertz CT molecular complexity index is 274. The average molecular weight is 308 g/mol. The van der Waals surface area contributed by atoms with Crippen molar-refractivity contribution >= 4 is 31.9 Å². The van der Waals surface area contributed by atoms with Crippen molar-refractivity contribution in [2.45, 2.75) is 13.3 Å². The average Bonchev–Trinajstić information content (AvgIpc) is 2.13. The third kappa shape index (κ3) is 3.31. The molecule has 0 spiro atoms. The summed E-state index contributed by atoms with van der Waals surface area (Å²) in [4.78, 5) is 0. The molecule has 0 saturated carbocycles. The molecule has 0 fully saturated rings. The molecule has 3 heteroatoms. The van der Waals surface area contributed by atoms with Crippen LogP contribution in [0.3, 0.4) is 0 Å². The van der Waals surface area contributed by atoms with E-state index >= 15 is 0 Å². The van der Waals surface area contributed by atoms with Crippen LogP contribution in [0, 0.1) is 6.92 Å². The molecule has 0 N–H and O–H groups in total. The Hall–Kier alpha value is -0.0200. The highest BCUT2D eigenvalue weighted by atomic mass is 79.9. The molecule has 0 aliphatic rings. The van der Waals surface area contributed by atoms with Crippen LogP contribution in [0.15, 0.2) is 22.7 Å². The van der Waals surface area contributed by atoms with E-state index in [1.54, 1.807) is 0 Å². The minimum absolute atomic E-state index is 0.766. The second-order valence-corrected chi connectivity index (χ2v) is 4.40. The van der Waals surface area contributed by atoms with Gasteiger partial charge in [-0.15, -0.1) is 0 Å². The summed E-state index contributed by atoms with van der Waals surface area (Å²) < 4.78 is 6.70. The summed E-state index contributed by atoms with van der Waals surface area (Å²) in [5.41, 5.74) is 1.16. The van der Waals surface area contributed by atoms with Gasteiger partial charge in [-0.05, 0) is 25.5 Å². The molecule has 13 heavy (non-hydrogen) atoms. The van der Waals surface area contributed by atoms with E-state index in [1.165, 1.54) is 0 Å². The highest BCUT2D eigenvalue weighted by Gasteiger charge is 2.01.